The summed E-state index contributed by atoms with van der Waals surface area (Å²) >= 11 is 0. The molecule has 1 saturated heterocycles. The molecule has 1 heterocycles. The Morgan fingerprint density at radius 1 is 1.38 bits per heavy atom. The zero-order valence-electron chi connectivity index (χ0n) is 11.7. The Labute approximate surface area is 121 Å². The van der Waals surface area contributed by atoms with Gasteiger partial charge in [0.15, 0.2) is 5.82 Å². The third kappa shape index (κ3) is 3.65. The molecule has 1 aromatic rings. The fourth-order valence-electron chi connectivity index (χ4n) is 2.28. The van der Waals surface area contributed by atoms with Gasteiger partial charge >= 0.3 is 6.09 Å². The van der Waals surface area contributed by atoms with Gasteiger partial charge in [-0.25, -0.2) is 14.0 Å². The lowest BCUT2D eigenvalue weighted by molar-refractivity contribution is 0.0885. The molecule has 0 bridgehead atoms. The molecule has 1 fully saturated rings. The molecule has 0 atom stereocenters. The second kappa shape index (κ2) is 6.97. The molecule has 1 aliphatic heterocycles. The van der Waals surface area contributed by atoms with Crippen LogP contribution in [-0.2, 0) is 16.1 Å². The topological polar surface area (TPSA) is 62.2 Å². The van der Waals surface area contributed by atoms with E-state index in [1.54, 1.807) is 17.0 Å². The maximum atomic E-state index is 14.1. The fraction of sp³-hybridized carbons (Fsp3) is 0.429. The first-order chi connectivity index (χ1) is 10.2. The van der Waals surface area contributed by atoms with Crippen LogP contribution >= 0.6 is 0 Å². The number of aliphatic imine (C=N–C) groups is 1. The van der Waals surface area contributed by atoms with Crippen LogP contribution in [0.25, 0.3) is 0 Å². The van der Waals surface area contributed by atoms with Crippen LogP contribution in [0.2, 0.25) is 0 Å². The maximum absolute atomic E-state index is 14.1. The number of hydrogen-bond donors (Lipinski definition) is 0. The van der Waals surface area contributed by atoms with Crippen molar-refractivity contribution in [2.45, 2.75) is 6.54 Å². The molecular weight excluding hydrogens is 277 g/mol. The Kier molecular flexibility index (Phi) is 5.03. The van der Waals surface area contributed by atoms with Crippen molar-refractivity contribution in [3.05, 3.63) is 29.6 Å². The van der Waals surface area contributed by atoms with E-state index in [2.05, 4.69) is 9.73 Å². The molecule has 1 aliphatic rings. The maximum Gasteiger partial charge on any atom is 0.409 e. The third-order valence-corrected chi connectivity index (χ3v) is 3.42. The number of carbonyl (C=O) groups is 1. The highest BCUT2D eigenvalue weighted by Gasteiger charge is 2.22. The molecule has 1 amide bonds. The average molecular weight is 293 g/mol. The molecule has 0 radical (unpaired) electrons. The van der Waals surface area contributed by atoms with Gasteiger partial charge in [-0.05, 0) is 6.07 Å². The summed E-state index contributed by atoms with van der Waals surface area (Å²) in [4.78, 5) is 28.6. The third-order valence-electron chi connectivity index (χ3n) is 3.42. The summed E-state index contributed by atoms with van der Waals surface area (Å²) in [6, 6.07) is 4.74. The summed E-state index contributed by atoms with van der Waals surface area (Å²) in [5.74, 6) is -0.503. The number of benzene rings is 1. The Morgan fingerprint density at radius 3 is 2.71 bits per heavy atom. The summed E-state index contributed by atoms with van der Waals surface area (Å²) in [5, 5.41) is 0. The van der Waals surface area contributed by atoms with E-state index in [4.69, 9.17) is 0 Å². The van der Waals surface area contributed by atoms with Crippen LogP contribution in [0.1, 0.15) is 5.56 Å². The summed E-state index contributed by atoms with van der Waals surface area (Å²) in [6.07, 6.45) is 0.999. The predicted molar refractivity (Wildman–Crippen MR) is 73.4 cm³/mol. The number of ether oxygens (including phenoxy) is 1. The molecule has 21 heavy (non-hydrogen) atoms. The summed E-state index contributed by atoms with van der Waals surface area (Å²) < 4.78 is 18.8. The minimum absolute atomic E-state index is 0.00398. The number of hydrogen-bond acceptors (Lipinski definition) is 5. The van der Waals surface area contributed by atoms with Crippen molar-refractivity contribution in [3.63, 3.8) is 0 Å². The first kappa shape index (κ1) is 15.2. The largest absolute Gasteiger partial charge is 0.453 e. The average Bonchev–Trinajstić information content (AvgIpc) is 2.51. The second-order valence-electron chi connectivity index (χ2n) is 4.69. The molecule has 6 nitrogen and oxygen atoms in total. The standard InChI is InChI=1S/C14H16FN3O3/c1-21-14(20)18-7-5-17(6-8-18)9-11-3-2-4-12(13(11)15)16-10-19/h2-4H,5-9H2,1H3. The molecule has 0 unspecified atom stereocenters. The van der Waals surface area contributed by atoms with Crippen LogP contribution in [0.4, 0.5) is 14.9 Å². The highest BCUT2D eigenvalue weighted by atomic mass is 19.1. The van der Waals surface area contributed by atoms with Crippen LogP contribution in [0, 0.1) is 5.82 Å². The Hall–Kier alpha value is -2.24. The molecular formula is C14H16FN3O3. The molecule has 0 aromatic heterocycles. The van der Waals surface area contributed by atoms with Crippen molar-refractivity contribution in [1.82, 2.24) is 9.80 Å². The van der Waals surface area contributed by atoms with Crippen molar-refractivity contribution in [1.29, 1.82) is 0 Å². The first-order valence-corrected chi connectivity index (χ1v) is 6.56. The number of amides is 1. The van der Waals surface area contributed by atoms with E-state index in [0.29, 0.717) is 38.3 Å². The molecule has 0 aliphatic carbocycles. The van der Waals surface area contributed by atoms with Gasteiger partial charge in [-0.15, -0.1) is 0 Å². The van der Waals surface area contributed by atoms with Crippen LogP contribution in [0.3, 0.4) is 0 Å². The van der Waals surface area contributed by atoms with Gasteiger partial charge in [0.05, 0.1) is 7.11 Å². The van der Waals surface area contributed by atoms with Gasteiger partial charge in [-0.3, -0.25) is 4.90 Å². The zero-order chi connectivity index (χ0) is 15.2. The van der Waals surface area contributed by atoms with Crippen molar-refractivity contribution < 1.29 is 18.7 Å². The van der Waals surface area contributed by atoms with Crippen LogP contribution < -0.4 is 0 Å². The zero-order valence-corrected chi connectivity index (χ0v) is 11.7. The number of carbonyl (C=O) groups excluding carboxylic acids is 2. The quantitative estimate of drug-likeness (QED) is 0.628. The van der Waals surface area contributed by atoms with Crippen molar-refractivity contribution in [3.8, 4) is 0 Å². The van der Waals surface area contributed by atoms with Crippen LogP contribution in [0.15, 0.2) is 23.2 Å². The summed E-state index contributed by atoms with van der Waals surface area (Å²) in [6.45, 7) is 2.76. The van der Waals surface area contributed by atoms with Gasteiger partial charge in [0.2, 0.25) is 6.08 Å². The first-order valence-electron chi connectivity index (χ1n) is 6.56. The number of nitrogens with zero attached hydrogens (tertiary/aromatic N) is 3. The minimum Gasteiger partial charge on any atom is -0.453 e. The van der Waals surface area contributed by atoms with Gasteiger partial charge in [0.25, 0.3) is 0 Å². The van der Waals surface area contributed by atoms with E-state index in [-0.39, 0.29) is 11.8 Å². The van der Waals surface area contributed by atoms with Gasteiger partial charge in [0, 0.05) is 38.3 Å². The van der Waals surface area contributed by atoms with Crippen molar-refractivity contribution in [2.24, 2.45) is 4.99 Å². The number of isocyanates is 1. The van der Waals surface area contributed by atoms with Crippen LogP contribution in [-0.4, -0.2) is 55.3 Å². The van der Waals surface area contributed by atoms with Crippen molar-refractivity contribution in [2.75, 3.05) is 33.3 Å². The smallest absolute Gasteiger partial charge is 0.409 e. The lowest BCUT2D eigenvalue weighted by Crippen LogP contribution is -2.48. The molecule has 7 heteroatoms. The van der Waals surface area contributed by atoms with Crippen molar-refractivity contribution >= 4 is 17.9 Å². The number of halogens is 1. The van der Waals surface area contributed by atoms with Gasteiger partial charge < -0.3 is 9.64 Å². The predicted octanol–water partition coefficient (Wildman–Crippen LogP) is 1.68. The number of piperazine rings is 1. The normalized spacial score (nSPS) is 15.4. The number of methoxy groups -OCH3 is 1. The lowest BCUT2D eigenvalue weighted by atomic mass is 10.1. The minimum atomic E-state index is -0.503. The monoisotopic (exact) mass is 293 g/mol. The van der Waals surface area contributed by atoms with E-state index in [9.17, 15) is 14.0 Å². The van der Waals surface area contributed by atoms with E-state index in [1.165, 1.54) is 19.3 Å². The van der Waals surface area contributed by atoms with Gasteiger partial charge in [-0.2, -0.15) is 4.99 Å². The second-order valence-corrected chi connectivity index (χ2v) is 4.69. The Morgan fingerprint density at radius 2 is 2.10 bits per heavy atom. The molecule has 0 spiro atoms. The fourth-order valence-corrected chi connectivity index (χ4v) is 2.28. The molecule has 0 N–H and O–H groups in total. The SMILES string of the molecule is COC(=O)N1CCN(Cc2cccc(N=C=O)c2F)CC1. The highest BCUT2D eigenvalue weighted by molar-refractivity contribution is 5.67. The number of rotatable bonds is 3. The molecule has 112 valence electrons. The molecule has 2 rings (SSSR count). The summed E-state index contributed by atoms with van der Waals surface area (Å²) in [7, 11) is 1.35. The van der Waals surface area contributed by atoms with E-state index >= 15 is 0 Å². The van der Waals surface area contributed by atoms with Crippen LogP contribution in [0.5, 0.6) is 0 Å². The molecule has 0 saturated carbocycles. The van der Waals surface area contributed by atoms with E-state index in [0.717, 1.165) is 0 Å². The summed E-state index contributed by atoms with van der Waals surface area (Å²) in [5.41, 5.74) is 0.466. The van der Waals surface area contributed by atoms with E-state index in [1.807, 2.05) is 4.90 Å². The lowest BCUT2D eigenvalue weighted by Gasteiger charge is -2.33. The van der Waals surface area contributed by atoms with Gasteiger partial charge in [0.1, 0.15) is 5.69 Å². The Balaban J connectivity index is 1.99. The Bertz CT molecular complexity index is 565. The molecule has 1 aromatic carbocycles. The van der Waals surface area contributed by atoms with Gasteiger partial charge in [-0.1, -0.05) is 12.1 Å². The van der Waals surface area contributed by atoms with E-state index < -0.39 is 5.82 Å². The highest BCUT2D eigenvalue weighted by Crippen LogP contribution is 2.22.